The molecule has 2 unspecified atom stereocenters. The number of hydrogen-bond donors (Lipinski definition) is 1. The third-order valence-corrected chi connectivity index (χ3v) is 7.65. The lowest BCUT2D eigenvalue weighted by Gasteiger charge is -2.40. The van der Waals surface area contributed by atoms with E-state index in [1.165, 1.54) is 7.11 Å². The Kier molecular flexibility index (Phi) is 10.0. The van der Waals surface area contributed by atoms with E-state index in [0.29, 0.717) is 23.6 Å². The molecule has 6 nitrogen and oxygen atoms in total. The van der Waals surface area contributed by atoms with E-state index in [1.54, 1.807) is 18.2 Å². The molecule has 2 heterocycles. The molecule has 0 amide bonds. The zero-order chi connectivity index (χ0) is 27.2. The van der Waals surface area contributed by atoms with Crippen LogP contribution in [0.5, 0.6) is 11.6 Å². The SMILES string of the molecule is CC.CCN(C)OC.COc1nc(Cl)cc2c1[C@]1(O)CCC(c3ccccc3)C1(c1ccc(Br)cc1)O2. The largest absolute Gasteiger partial charge is 0.481 e. The first-order valence-corrected chi connectivity index (χ1v) is 13.7. The second-order valence-corrected chi connectivity index (χ2v) is 9.96. The fourth-order valence-electron chi connectivity index (χ4n) is 5.16. The van der Waals surface area contributed by atoms with Gasteiger partial charge < -0.3 is 19.4 Å². The van der Waals surface area contributed by atoms with Gasteiger partial charge in [-0.25, -0.2) is 4.98 Å². The molecule has 1 aromatic heterocycles. The number of methoxy groups -OCH3 is 1. The highest BCUT2D eigenvalue weighted by Gasteiger charge is 2.69. The molecule has 2 aliphatic rings. The first-order chi connectivity index (χ1) is 17.8. The third-order valence-electron chi connectivity index (χ3n) is 6.93. The zero-order valence-corrected chi connectivity index (χ0v) is 24.6. The molecular formula is C29H36BrClN2O4. The molecule has 1 N–H and O–H groups in total. The van der Waals surface area contributed by atoms with Crippen molar-refractivity contribution >= 4 is 27.5 Å². The quantitative estimate of drug-likeness (QED) is 0.253. The van der Waals surface area contributed by atoms with Crippen LogP contribution in [-0.2, 0) is 16.0 Å². The average molecular weight is 592 g/mol. The minimum absolute atomic E-state index is 0.0502. The normalized spacial score (nSPS) is 23.1. The number of rotatable bonds is 5. The smallest absolute Gasteiger partial charge is 0.224 e. The lowest BCUT2D eigenvalue weighted by atomic mass is 9.72. The maximum absolute atomic E-state index is 12.2. The van der Waals surface area contributed by atoms with Crippen LogP contribution in [0.2, 0.25) is 5.15 Å². The fourth-order valence-corrected chi connectivity index (χ4v) is 5.60. The van der Waals surface area contributed by atoms with Crippen LogP contribution in [0, 0.1) is 0 Å². The van der Waals surface area contributed by atoms with Crippen molar-refractivity contribution in [2.75, 3.05) is 27.8 Å². The highest BCUT2D eigenvalue weighted by Crippen LogP contribution is 2.68. The Morgan fingerprint density at radius 2 is 1.78 bits per heavy atom. The summed E-state index contributed by atoms with van der Waals surface area (Å²) in [5.74, 6) is 0.779. The van der Waals surface area contributed by atoms with Gasteiger partial charge in [-0.3, -0.25) is 0 Å². The maximum atomic E-state index is 12.2. The lowest BCUT2D eigenvalue weighted by molar-refractivity contribution is -0.106. The number of benzene rings is 2. The van der Waals surface area contributed by atoms with Gasteiger partial charge in [-0.05, 0) is 36.1 Å². The Balaban J connectivity index is 0.000000421. The van der Waals surface area contributed by atoms with E-state index in [-0.39, 0.29) is 11.1 Å². The summed E-state index contributed by atoms with van der Waals surface area (Å²) in [5.41, 5.74) is 0.309. The second kappa shape index (κ2) is 12.6. The van der Waals surface area contributed by atoms with Crippen molar-refractivity contribution in [3.63, 3.8) is 0 Å². The van der Waals surface area contributed by atoms with Gasteiger partial charge >= 0.3 is 0 Å². The van der Waals surface area contributed by atoms with Crippen molar-refractivity contribution < 1.29 is 19.4 Å². The van der Waals surface area contributed by atoms with E-state index < -0.39 is 11.2 Å². The van der Waals surface area contributed by atoms with Gasteiger partial charge in [-0.1, -0.05) is 90.8 Å². The molecule has 0 spiro atoms. The van der Waals surface area contributed by atoms with Gasteiger partial charge in [0.25, 0.3) is 0 Å². The van der Waals surface area contributed by atoms with Gasteiger partial charge in [-0.2, -0.15) is 5.06 Å². The van der Waals surface area contributed by atoms with Crippen LogP contribution >= 0.6 is 27.5 Å². The molecule has 2 aromatic carbocycles. The number of aromatic nitrogens is 1. The Hall–Kier alpha value is -2.16. The number of halogens is 2. The summed E-state index contributed by atoms with van der Waals surface area (Å²) >= 11 is 9.72. The molecule has 3 aromatic rings. The van der Waals surface area contributed by atoms with Crippen LogP contribution in [0.1, 0.15) is 56.2 Å². The summed E-state index contributed by atoms with van der Waals surface area (Å²) in [5, 5.41) is 14.2. The van der Waals surface area contributed by atoms with Crippen molar-refractivity contribution in [3.8, 4) is 11.6 Å². The Labute approximate surface area is 233 Å². The van der Waals surface area contributed by atoms with Crippen LogP contribution in [0.4, 0.5) is 0 Å². The third kappa shape index (κ3) is 5.38. The lowest BCUT2D eigenvalue weighted by Crippen LogP contribution is -2.48. The molecule has 37 heavy (non-hydrogen) atoms. The molecular weight excluding hydrogens is 556 g/mol. The Morgan fingerprint density at radius 1 is 1.14 bits per heavy atom. The standard InChI is InChI=1S/C23H19BrClNO3.C4H11NO.C2H6/c1-28-21-20-18(13-19(25)26-21)29-23(15-7-9-16(24)10-8-15)17(11-12-22(20,23)27)14-5-3-2-4-6-14;1-4-5(2)6-3;1-2/h2-10,13,17,27H,11-12H2,1H3;4H2,1-3H3;1-2H3/t17?,22-,23?;;/m1../s1. The highest BCUT2D eigenvalue weighted by atomic mass is 79.9. The summed E-state index contributed by atoms with van der Waals surface area (Å²) < 4.78 is 13.1. The topological polar surface area (TPSA) is 64.1 Å². The Bertz CT molecular complexity index is 1160. The van der Waals surface area contributed by atoms with Crippen molar-refractivity contribution in [3.05, 3.63) is 87.0 Å². The number of pyridine rings is 1. The van der Waals surface area contributed by atoms with Gasteiger partial charge in [0.1, 0.15) is 16.5 Å². The van der Waals surface area contributed by atoms with E-state index in [0.717, 1.165) is 28.6 Å². The van der Waals surface area contributed by atoms with E-state index >= 15 is 0 Å². The van der Waals surface area contributed by atoms with Gasteiger partial charge in [0, 0.05) is 30.0 Å². The first-order valence-electron chi connectivity index (χ1n) is 12.5. The predicted molar refractivity (Wildman–Crippen MR) is 151 cm³/mol. The zero-order valence-electron chi connectivity index (χ0n) is 22.3. The van der Waals surface area contributed by atoms with Crippen LogP contribution in [0.15, 0.2) is 65.1 Å². The molecule has 0 bridgehead atoms. The number of fused-ring (bicyclic) bond motifs is 3. The van der Waals surface area contributed by atoms with E-state index in [9.17, 15) is 5.11 Å². The second-order valence-electron chi connectivity index (χ2n) is 8.66. The number of hydrogen-bond acceptors (Lipinski definition) is 6. The van der Waals surface area contributed by atoms with Gasteiger partial charge in [0.15, 0.2) is 5.60 Å². The van der Waals surface area contributed by atoms with Crippen molar-refractivity contribution in [2.45, 2.75) is 50.7 Å². The monoisotopic (exact) mass is 590 g/mol. The summed E-state index contributed by atoms with van der Waals surface area (Å²) in [4.78, 5) is 9.03. The molecule has 0 radical (unpaired) electrons. The summed E-state index contributed by atoms with van der Waals surface area (Å²) in [6.45, 7) is 6.97. The van der Waals surface area contributed by atoms with Crippen molar-refractivity contribution in [1.82, 2.24) is 10.0 Å². The van der Waals surface area contributed by atoms with E-state index in [1.807, 2.05) is 70.3 Å². The highest BCUT2D eigenvalue weighted by molar-refractivity contribution is 9.10. The minimum atomic E-state index is -1.29. The van der Waals surface area contributed by atoms with Crippen LogP contribution < -0.4 is 9.47 Å². The summed E-state index contributed by atoms with van der Waals surface area (Å²) in [6, 6.07) is 19.8. The number of hydroxylamine groups is 2. The number of nitrogens with zero attached hydrogens (tertiary/aromatic N) is 2. The predicted octanol–water partition coefficient (Wildman–Crippen LogP) is 7.08. The molecule has 0 saturated heterocycles. The molecule has 8 heteroatoms. The van der Waals surface area contributed by atoms with Crippen LogP contribution in [0.3, 0.4) is 0 Å². The molecule has 1 saturated carbocycles. The van der Waals surface area contributed by atoms with Gasteiger partial charge in [-0.15, -0.1) is 0 Å². The minimum Gasteiger partial charge on any atom is -0.481 e. The van der Waals surface area contributed by atoms with E-state index in [4.69, 9.17) is 25.9 Å². The molecule has 1 aliphatic heterocycles. The van der Waals surface area contributed by atoms with Crippen molar-refractivity contribution in [1.29, 1.82) is 0 Å². The maximum Gasteiger partial charge on any atom is 0.224 e. The fraction of sp³-hybridized carbons (Fsp3) is 0.414. The van der Waals surface area contributed by atoms with Crippen LogP contribution in [-0.4, -0.2) is 43.0 Å². The van der Waals surface area contributed by atoms with Gasteiger partial charge in [0.05, 0.1) is 19.8 Å². The molecule has 3 atom stereocenters. The molecule has 1 aliphatic carbocycles. The number of ether oxygens (including phenoxy) is 2. The van der Waals surface area contributed by atoms with Crippen LogP contribution in [0.25, 0.3) is 0 Å². The average Bonchev–Trinajstić information content (AvgIpc) is 3.36. The molecule has 5 rings (SSSR count). The summed E-state index contributed by atoms with van der Waals surface area (Å²) in [7, 11) is 5.08. The molecule has 1 fully saturated rings. The van der Waals surface area contributed by atoms with E-state index in [2.05, 4.69) is 33.0 Å². The van der Waals surface area contributed by atoms with Gasteiger partial charge in [0.2, 0.25) is 5.88 Å². The first kappa shape index (κ1) is 29.4. The molecule has 200 valence electrons. The number of aliphatic hydroxyl groups is 1. The summed E-state index contributed by atoms with van der Waals surface area (Å²) in [6.07, 6.45) is 1.29. The van der Waals surface area contributed by atoms with Crippen molar-refractivity contribution in [2.24, 2.45) is 0 Å². The Morgan fingerprint density at radius 3 is 2.32 bits per heavy atom.